The molecule has 1 aromatic carbocycles. The third-order valence-electron chi connectivity index (χ3n) is 7.83. The zero-order valence-electron chi connectivity index (χ0n) is 21.6. The van der Waals surface area contributed by atoms with Crippen molar-refractivity contribution >= 4 is 20.8 Å². The molecule has 0 N–H and O–H groups in total. The number of rotatable bonds is 7. The first-order valence-electron chi connectivity index (χ1n) is 12.7. The van der Waals surface area contributed by atoms with Crippen LogP contribution in [0.1, 0.15) is 67.3 Å². The highest BCUT2D eigenvalue weighted by atomic mass is 32.2. The number of halogens is 3. The predicted molar refractivity (Wildman–Crippen MR) is 140 cm³/mol. The lowest BCUT2D eigenvalue weighted by molar-refractivity contribution is -0.0241. The molecule has 11 heteroatoms. The largest absolute Gasteiger partial charge is 0.373 e. The van der Waals surface area contributed by atoms with E-state index in [-0.39, 0.29) is 23.6 Å². The van der Waals surface area contributed by atoms with Crippen molar-refractivity contribution in [3.05, 3.63) is 69.1 Å². The van der Waals surface area contributed by atoms with Gasteiger partial charge in [0.05, 0.1) is 28.5 Å². The van der Waals surface area contributed by atoms with Crippen LogP contribution < -0.4 is 5.56 Å². The van der Waals surface area contributed by atoms with Gasteiger partial charge in [-0.05, 0) is 49.7 Å². The van der Waals surface area contributed by atoms with Gasteiger partial charge in [-0.3, -0.25) is 9.36 Å². The maximum absolute atomic E-state index is 14.9. The number of ether oxygens (including phenoxy) is 1. The van der Waals surface area contributed by atoms with E-state index in [1.54, 1.807) is 27.1 Å². The van der Waals surface area contributed by atoms with E-state index < -0.39 is 39.1 Å². The molecule has 3 heterocycles. The molecule has 204 valence electrons. The Morgan fingerprint density at radius 2 is 1.89 bits per heavy atom. The minimum Gasteiger partial charge on any atom is -0.373 e. The first kappa shape index (κ1) is 26.8. The molecule has 1 saturated carbocycles. The minimum atomic E-state index is -2.91. The summed E-state index contributed by atoms with van der Waals surface area (Å²) in [4.78, 5) is 22.2. The Labute approximate surface area is 219 Å². The maximum atomic E-state index is 14.9. The molecule has 0 amide bonds. The summed E-state index contributed by atoms with van der Waals surface area (Å²) < 4.78 is 66.6. The fourth-order valence-corrected chi connectivity index (χ4v) is 7.81. The maximum Gasteiger partial charge on any atom is 0.266 e. The predicted octanol–water partition coefficient (Wildman–Crippen LogP) is 5.02. The van der Waals surface area contributed by atoms with Crippen molar-refractivity contribution in [2.24, 2.45) is 11.4 Å². The van der Waals surface area contributed by atoms with Gasteiger partial charge in [0, 0.05) is 40.8 Å². The van der Waals surface area contributed by atoms with Crippen LogP contribution in [-0.2, 0) is 33.5 Å². The summed E-state index contributed by atoms with van der Waals surface area (Å²) >= 11 is 0. The van der Waals surface area contributed by atoms with Gasteiger partial charge >= 0.3 is 0 Å². The summed E-state index contributed by atoms with van der Waals surface area (Å²) in [5, 5.41) is 0.604. The number of aryl methyl sites for hydroxylation is 1. The van der Waals surface area contributed by atoms with E-state index in [0.29, 0.717) is 46.6 Å². The molecule has 7 nitrogen and oxygen atoms in total. The second-order valence-corrected chi connectivity index (χ2v) is 12.9. The highest BCUT2D eigenvalue weighted by molar-refractivity contribution is 7.93. The van der Waals surface area contributed by atoms with Crippen LogP contribution in [0.5, 0.6) is 0 Å². The zero-order valence-corrected chi connectivity index (χ0v) is 22.4. The van der Waals surface area contributed by atoms with Gasteiger partial charge in [0.1, 0.15) is 17.8 Å². The zero-order chi connectivity index (χ0) is 27.2. The van der Waals surface area contributed by atoms with E-state index in [4.69, 9.17) is 4.74 Å². The number of nitrogens with zero attached hydrogens (tertiary/aromatic N) is 4. The first-order chi connectivity index (χ1) is 18.1. The molecule has 1 aliphatic carbocycles. The van der Waals surface area contributed by atoms with Crippen LogP contribution in [0.15, 0.2) is 39.8 Å². The molecule has 0 radical (unpaired) electrons. The van der Waals surface area contributed by atoms with Crippen LogP contribution in [0, 0.1) is 5.82 Å². The van der Waals surface area contributed by atoms with Crippen LogP contribution in [0.25, 0.3) is 11.0 Å². The molecule has 2 fully saturated rings. The van der Waals surface area contributed by atoms with Gasteiger partial charge in [-0.25, -0.2) is 31.7 Å². The molecular weight excluding hydrogens is 517 g/mol. The second-order valence-electron chi connectivity index (χ2n) is 10.4. The quantitative estimate of drug-likeness (QED) is 0.414. The fraction of sp³-hybridized carbons (Fsp3) is 0.519. The van der Waals surface area contributed by atoms with E-state index in [9.17, 15) is 22.2 Å². The van der Waals surface area contributed by atoms with Crippen molar-refractivity contribution < 1.29 is 22.1 Å². The van der Waals surface area contributed by atoms with E-state index in [2.05, 4.69) is 14.3 Å². The number of aromatic nitrogens is 3. The molecule has 38 heavy (non-hydrogen) atoms. The summed E-state index contributed by atoms with van der Waals surface area (Å²) in [5.74, 6) is -0.671. The Balaban J connectivity index is 1.54. The van der Waals surface area contributed by atoms with Gasteiger partial charge < -0.3 is 4.74 Å². The van der Waals surface area contributed by atoms with Crippen LogP contribution in [0.4, 0.5) is 13.2 Å². The van der Waals surface area contributed by atoms with Crippen molar-refractivity contribution in [3.63, 3.8) is 0 Å². The van der Waals surface area contributed by atoms with E-state index >= 15 is 0 Å². The number of fused-ring (bicyclic) bond motifs is 1. The average Bonchev–Trinajstić information content (AvgIpc) is 3.71. The van der Waals surface area contributed by atoms with E-state index in [1.165, 1.54) is 23.0 Å². The Morgan fingerprint density at radius 1 is 1.21 bits per heavy atom. The first-order valence-corrected chi connectivity index (χ1v) is 14.6. The van der Waals surface area contributed by atoms with Gasteiger partial charge in [0.2, 0.25) is 0 Å². The molecule has 1 saturated heterocycles. The molecule has 1 atom stereocenters. The van der Waals surface area contributed by atoms with Crippen molar-refractivity contribution in [2.75, 3.05) is 18.6 Å². The molecular formula is C27H31F3N4O3S. The lowest BCUT2D eigenvalue weighted by Gasteiger charge is -2.37. The summed E-state index contributed by atoms with van der Waals surface area (Å²) in [5.41, 5.74) is -0.245. The summed E-state index contributed by atoms with van der Waals surface area (Å²) in [7, 11) is 0.849. The Morgan fingerprint density at radius 3 is 2.53 bits per heavy atom. The van der Waals surface area contributed by atoms with Crippen LogP contribution >= 0.6 is 0 Å². The normalized spacial score (nSPS) is 24.6. The van der Waals surface area contributed by atoms with E-state index in [0.717, 1.165) is 18.9 Å². The van der Waals surface area contributed by atoms with Crippen LogP contribution in [0.3, 0.4) is 0 Å². The Kier molecular flexibility index (Phi) is 7.10. The molecule has 3 aromatic rings. The smallest absolute Gasteiger partial charge is 0.266 e. The number of hydrogen-bond donors (Lipinski definition) is 0. The van der Waals surface area contributed by atoms with Crippen molar-refractivity contribution in [1.29, 1.82) is 0 Å². The lowest BCUT2D eigenvalue weighted by Crippen LogP contribution is -2.43. The Bertz CT molecular complexity index is 1550. The SMILES string of the molecule is COC1(c2cc3c(C[C@H](C)c4cccc(C(F)F)c4F)ncnc3n(C)c2=O)CCS(=O)(=NC2CC2)CC1. The number of methoxy groups -OCH3 is 1. The standard InChI is InChI=1S/C27H31F3N4O3S/c1-16(18-5-4-6-19(23(18)28)24(29)30)13-22-20-14-21(26(35)34(2)25(20)32-15-31-22)27(37-3)9-11-38(36,12-10-27)33-17-7-8-17/h4-6,14-17,24H,7-13H2,1-3H3/t16-,27?,38?/m0/s1. The van der Waals surface area contributed by atoms with Crippen LogP contribution in [-0.4, -0.2) is 43.4 Å². The number of benzene rings is 1. The van der Waals surface area contributed by atoms with E-state index in [1.807, 2.05) is 0 Å². The Hall–Kier alpha value is -2.79. The third-order valence-corrected chi connectivity index (χ3v) is 10.2. The molecule has 2 aliphatic rings. The number of alkyl halides is 2. The van der Waals surface area contributed by atoms with Gasteiger partial charge in [0.15, 0.2) is 0 Å². The van der Waals surface area contributed by atoms with Crippen molar-refractivity contribution in [3.8, 4) is 0 Å². The molecule has 0 spiro atoms. The number of hydrogen-bond acceptors (Lipinski definition) is 6. The van der Waals surface area contributed by atoms with Crippen molar-refractivity contribution in [1.82, 2.24) is 14.5 Å². The monoisotopic (exact) mass is 548 g/mol. The van der Waals surface area contributed by atoms with Crippen molar-refractivity contribution in [2.45, 2.75) is 63.0 Å². The molecule has 0 bridgehead atoms. The summed E-state index contributed by atoms with van der Waals surface area (Å²) in [6.45, 7) is 1.75. The minimum absolute atomic E-state index is 0.175. The second kappa shape index (κ2) is 10.1. The molecule has 1 aliphatic heterocycles. The summed E-state index contributed by atoms with van der Waals surface area (Å²) in [6, 6.07) is 5.94. The van der Waals surface area contributed by atoms with Gasteiger partial charge in [-0.15, -0.1) is 0 Å². The molecule has 0 unspecified atom stereocenters. The number of pyridine rings is 1. The summed E-state index contributed by atoms with van der Waals surface area (Å²) in [6.07, 6.45) is 1.43. The molecule has 5 rings (SSSR count). The van der Waals surface area contributed by atoms with Crippen LogP contribution in [0.2, 0.25) is 0 Å². The van der Waals surface area contributed by atoms with Gasteiger partial charge in [0.25, 0.3) is 12.0 Å². The highest BCUT2D eigenvalue weighted by Gasteiger charge is 2.41. The van der Waals surface area contributed by atoms with Gasteiger partial charge in [-0.2, -0.15) is 0 Å². The lowest BCUT2D eigenvalue weighted by atomic mass is 9.87. The van der Waals surface area contributed by atoms with Gasteiger partial charge in [-0.1, -0.05) is 25.1 Å². The fourth-order valence-electron chi connectivity index (χ4n) is 5.34. The highest BCUT2D eigenvalue weighted by Crippen LogP contribution is 2.39. The average molecular weight is 549 g/mol. The topological polar surface area (TPSA) is 86.4 Å². The molecule has 2 aromatic heterocycles. The third kappa shape index (κ3) is 4.86.